The fraction of sp³-hybridized carbons (Fsp3) is 0.600. The molecule has 0 N–H and O–H groups in total. The summed E-state index contributed by atoms with van der Waals surface area (Å²) in [6.07, 6.45) is 7.66. The third-order valence-corrected chi connectivity index (χ3v) is 3.83. The van der Waals surface area contributed by atoms with E-state index < -0.39 is 0 Å². The summed E-state index contributed by atoms with van der Waals surface area (Å²) < 4.78 is 4.00. The molecular formula is C15H25N5. The van der Waals surface area contributed by atoms with E-state index in [2.05, 4.69) is 56.6 Å². The molecule has 5 heteroatoms. The van der Waals surface area contributed by atoms with Crippen molar-refractivity contribution in [1.29, 1.82) is 0 Å². The lowest BCUT2D eigenvalue weighted by molar-refractivity contribution is -0.108. The van der Waals surface area contributed by atoms with Crippen molar-refractivity contribution in [2.24, 2.45) is 0 Å². The minimum atomic E-state index is -0.257. The van der Waals surface area contributed by atoms with Crippen molar-refractivity contribution in [3.05, 3.63) is 36.9 Å². The molecule has 0 unspecified atom stereocenters. The number of hydrogen-bond donors (Lipinski definition) is 0. The number of rotatable bonds is 5. The van der Waals surface area contributed by atoms with Gasteiger partial charge in [0, 0.05) is 30.8 Å². The van der Waals surface area contributed by atoms with Crippen LogP contribution in [0, 0.1) is 0 Å². The Morgan fingerprint density at radius 1 is 0.850 bits per heavy atom. The molecule has 2 aromatic rings. The predicted molar refractivity (Wildman–Crippen MR) is 80.1 cm³/mol. The molecule has 0 saturated heterocycles. The maximum Gasteiger partial charge on any atom is 0.111 e. The minimum Gasteiger partial charge on any atom is -0.253 e. The molecule has 0 fully saturated rings. The van der Waals surface area contributed by atoms with Gasteiger partial charge < -0.3 is 0 Å². The van der Waals surface area contributed by atoms with Crippen LogP contribution in [-0.4, -0.2) is 30.5 Å². The van der Waals surface area contributed by atoms with Gasteiger partial charge >= 0.3 is 0 Å². The molecule has 0 atom stereocenters. The van der Waals surface area contributed by atoms with Gasteiger partial charge in [0.25, 0.3) is 0 Å². The summed E-state index contributed by atoms with van der Waals surface area (Å²) in [6.45, 7) is 13.2. The molecule has 0 aromatic carbocycles. The summed E-state index contributed by atoms with van der Waals surface area (Å²) in [5.41, 5.74) is -0.514. The van der Waals surface area contributed by atoms with E-state index in [0.29, 0.717) is 6.04 Å². The molecule has 110 valence electrons. The molecule has 0 radical (unpaired) electrons. The molecule has 0 amide bonds. The summed E-state index contributed by atoms with van der Waals surface area (Å²) in [5.74, 6) is 0. The van der Waals surface area contributed by atoms with E-state index in [1.807, 2.05) is 46.3 Å². The molecule has 0 aliphatic heterocycles. The van der Waals surface area contributed by atoms with Gasteiger partial charge in [-0.2, -0.15) is 10.2 Å². The lowest BCUT2D eigenvalue weighted by Crippen LogP contribution is -2.60. The van der Waals surface area contributed by atoms with Crippen molar-refractivity contribution in [2.45, 2.75) is 58.9 Å². The molecule has 20 heavy (non-hydrogen) atoms. The van der Waals surface area contributed by atoms with Gasteiger partial charge in [-0.05, 0) is 53.7 Å². The summed E-state index contributed by atoms with van der Waals surface area (Å²) in [7, 11) is 0. The molecule has 0 bridgehead atoms. The molecule has 2 rings (SSSR count). The lowest BCUT2D eigenvalue weighted by atomic mass is 10.0. The highest BCUT2D eigenvalue weighted by atomic mass is 15.5. The van der Waals surface area contributed by atoms with E-state index in [0.717, 1.165) is 0 Å². The Kier molecular flexibility index (Phi) is 3.73. The fourth-order valence-corrected chi connectivity index (χ4v) is 3.34. The third kappa shape index (κ3) is 2.38. The second kappa shape index (κ2) is 5.05. The van der Waals surface area contributed by atoms with Crippen molar-refractivity contribution in [2.75, 3.05) is 0 Å². The normalized spacial score (nSPS) is 13.4. The van der Waals surface area contributed by atoms with Crippen molar-refractivity contribution in [1.82, 2.24) is 24.5 Å². The van der Waals surface area contributed by atoms with Crippen LogP contribution in [0.4, 0.5) is 0 Å². The molecule has 5 nitrogen and oxygen atoms in total. The summed E-state index contributed by atoms with van der Waals surface area (Å²) in [4.78, 5) is 2.42. The SMILES string of the molecule is CC(C)N(C(C)(C)n1cccn1)C(C)(C)n1cccn1. The van der Waals surface area contributed by atoms with Crippen LogP contribution >= 0.6 is 0 Å². The van der Waals surface area contributed by atoms with Crippen LogP contribution in [0.15, 0.2) is 36.9 Å². The zero-order valence-corrected chi connectivity index (χ0v) is 13.3. The Hall–Kier alpha value is -1.62. The van der Waals surface area contributed by atoms with E-state index in [9.17, 15) is 0 Å². The van der Waals surface area contributed by atoms with E-state index in [1.165, 1.54) is 0 Å². The molecule has 2 heterocycles. The van der Waals surface area contributed by atoms with Crippen molar-refractivity contribution < 1.29 is 0 Å². The highest BCUT2D eigenvalue weighted by Crippen LogP contribution is 2.33. The topological polar surface area (TPSA) is 38.9 Å². The van der Waals surface area contributed by atoms with Crippen LogP contribution in [0.2, 0.25) is 0 Å². The lowest BCUT2D eigenvalue weighted by Gasteiger charge is -2.50. The molecule has 0 saturated carbocycles. The first-order valence-electron chi connectivity index (χ1n) is 7.07. The van der Waals surface area contributed by atoms with Crippen LogP contribution in [0.5, 0.6) is 0 Å². The van der Waals surface area contributed by atoms with Crippen LogP contribution < -0.4 is 0 Å². The number of aromatic nitrogens is 4. The van der Waals surface area contributed by atoms with E-state index in [-0.39, 0.29) is 11.3 Å². The highest BCUT2D eigenvalue weighted by molar-refractivity contribution is 4.94. The molecular weight excluding hydrogens is 250 g/mol. The molecule has 0 spiro atoms. The maximum absolute atomic E-state index is 4.43. The van der Waals surface area contributed by atoms with E-state index in [4.69, 9.17) is 0 Å². The second-order valence-electron chi connectivity index (χ2n) is 6.35. The van der Waals surface area contributed by atoms with Gasteiger partial charge in [-0.25, -0.2) is 0 Å². The maximum atomic E-state index is 4.43. The van der Waals surface area contributed by atoms with Crippen molar-refractivity contribution in [3.8, 4) is 0 Å². The molecule has 2 aromatic heterocycles. The average Bonchev–Trinajstić information content (AvgIpc) is 3.02. The van der Waals surface area contributed by atoms with Gasteiger partial charge in [0.1, 0.15) is 11.3 Å². The summed E-state index contributed by atoms with van der Waals surface area (Å²) in [5, 5.41) is 8.86. The first-order valence-corrected chi connectivity index (χ1v) is 7.07. The summed E-state index contributed by atoms with van der Waals surface area (Å²) >= 11 is 0. The monoisotopic (exact) mass is 275 g/mol. The zero-order valence-electron chi connectivity index (χ0n) is 13.3. The van der Waals surface area contributed by atoms with Crippen molar-refractivity contribution >= 4 is 0 Å². The Balaban J connectivity index is 2.47. The van der Waals surface area contributed by atoms with Gasteiger partial charge in [-0.15, -0.1) is 0 Å². The predicted octanol–water partition coefficient (Wildman–Crippen LogP) is 2.88. The first-order chi connectivity index (χ1) is 9.28. The minimum absolute atomic E-state index is 0.257. The number of nitrogens with zero attached hydrogens (tertiary/aromatic N) is 5. The van der Waals surface area contributed by atoms with Crippen LogP contribution in [0.25, 0.3) is 0 Å². The second-order valence-corrected chi connectivity index (χ2v) is 6.35. The van der Waals surface area contributed by atoms with Crippen LogP contribution in [0.1, 0.15) is 41.5 Å². The fourth-order valence-electron chi connectivity index (χ4n) is 3.34. The van der Waals surface area contributed by atoms with Gasteiger partial charge in [0.05, 0.1) is 0 Å². The zero-order chi connectivity index (χ0) is 15.0. The summed E-state index contributed by atoms with van der Waals surface area (Å²) in [6, 6.07) is 4.26. The van der Waals surface area contributed by atoms with Gasteiger partial charge in [-0.1, -0.05) is 0 Å². The smallest absolute Gasteiger partial charge is 0.111 e. The Morgan fingerprint density at radius 3 is 1.50 bits per heavy atom. The number of hydrogen-bond acceptors (Lipinski definition) is 3. The third-order valence-electron chi connectivity index (χ3n) is 3.83. The van der Waals surface area contributed by atoms with E-state index in [1.54, 1.807) is 0 Å². The quantitative estimate of drug-likeness (QED) is 0.842. The van der Waals surface area contributed by atoms with Crippen LogP contribution in [-0.2, 0) is 11.3 Å². The average molecular weight is 275 g/mol. The van der Waals surface area contributed by atoms with Crippen LogP contribution in [0.3, 0.4) is 0 Å². The first kappa shape index (κ1) is 14.8. The Morgan fingerprint density at radius 2 is 1.25 bits per heavy atom. The standard InChI is InChI=1S/C15H25N5/c1-13(2)20(14(3,4)18-11-7-9-16-18)15(5,6)19-12-8-10-17-19/h7-13H,1-6H3. The van der Waals surface area contributed by atoms with Crippen molar-refractivity contribution in [3.63, 3.8) is 0 Å². The van der Waals surface area contributed by atoms with Gasteiger partial charge in [0.2, 0.25) is 0 Å². The van der Waals surface area contributed by atoms with E-state index >= 15 is 0 Å². The van der Waals surface area contributed by atoms with Gasteiger partial charge in [0.15, 0.2) is 0 Å². The molecule has 0 aliphatic carbocycles. The Labute approximate surface area is 121 Å². The highest BCUT2D eigenvalue weighted by Gasteiger charge is 2.42. The van der Waals surface area contributed by atoms with Gasteiger partial charge in [-0.3, -0.25) is 14.3 Å². The molecule has 0 aliphatic rings. The Bertz CT molecular complexity index is 476. The largest absolute Gasteiger partial charge is 0.253 e.